The first kappa shape index (κ1) is 15.9. The lowest BCUT2D eigenvalue weighted by Crippen LogP contribution is -1.98. The molecule has 0 saturated heterocycles. The van der Waals surface area contributed by atoms with Gasteiger partial charge in [0.1, 0.15) is 34.8 Å². The van der Waals surface area contributed by atoms with Crippen LogP contribution in [0.15, 0.2) is 78.9 Å². The molecule has 0 spiro atoms. The van der Waals surface area contributed by atoms with E-state index < -0.39 is 0 Å². The minimum Gasteiger partial charge on any atom is -0.506 e. The molecule has 0 aliphatic heterocycles. The van der Waals surface area contributed by atoms with Gasteiger partial charge in [-0.2, -0.15) is 0 Å². The number of para-hydroxylation sites is 2. The molecule has 5 heteroatoms. The van der Waals surface area contributed by atoms with Crippen molar-refractivity contribution in [2.45, 2.75) is 0 Å². The zero-order valence-electron chi connectivity index (χ0n) is 14.0. The van der Waals surface area contributed by atoms with Crippen LogP contribution in [0.3, 0.4) is 0 Å². The van der Waals surface area contributed by atoms with E-state index in [-0.39, 0.29) is 5.75 Å². The standard InChI is InChI=1S/C21H17N3O2/c25-21-11-5-4-10-20(21)24-22-18-13-12-17(15-19(18)23-24)26-14-6-9-16-7-2-1-3-8-16/h1-13,15,25H,14H2. The fourth-order valence-electron chi connectivity index (χ4n) is 2.62. The highest BCUT2D eigenvalue weighted by Crippen LogP contribution is 2.23. The fourth-order valence-corrected chi connectivity index (χ4v) is 2.62. The smallest absolute Gasteiger partial charge is 0.143 e. The lowest BCUT2D eigenvalue weighted by atomic mass is 10.2. The molecule has 3 aromatic carbocycles. The van der Waals surface area contributed by atoms with Gasteiger partial charge in [-0.15, -0.1) is 15.0 Å². The summed E-state index contributed by atoms with van der Waals surface area (Å²) < 4.78 is 5.76. The molecular formula is C21H17N3O2. The molecule has 0 fully saturated rings. The van der Waals surface area contributed by atoms with E-state index in [0.29, 0.717) is 17.8 Å². The number of phenols is 1. The third-order valence-corrected chi connectivity index (χ3v) is 3.91. The second kappa shape index (κ2) is 7.11. The van der Waals surface area contributed by atoms with Crippen molar-refractivity contribution in [3.63, 3.8) is 0 Å². The van der Waals surface area contributed by atoms with Crippen molar-refractivity contribution in [1.82, 2.24) is 15.0 Å². The van der Waals surface area contributed by atoms with Gasteiger partial charge in [-0.25, -0.2) is 0 Å². The van der Waals surface area contributed by atoms with E-state index in [2.05, 4.69) is 10.2 Å². The highest BCUT2D eigenvalue weighted by molar-refractivity contribution is 5.75. The Morgan fingerprint density at radius 1 is 0.885 bits per heavy atom. The zero-order valence-corrected chi connectivity index (χ0v) is 14.0. The molecule has 0 radical (unpaired) electrons. The van der Waals surface area contributed by atoms with Crippen LogP contribution in [0.5, 0.6) is 11.5 Å². The minimum atomic E-state index is 0.135. The zero-order chi connectivity index (χ0) is 17.8. The number of aromatic nitrogens is 3. The summed E-state index contributed by atoms with van der Waals surface area (Å²) in [5.74, 6) is 0.856. The number of benzene rings is 3. The van der Waals surface area contributed by atoms with Gasteiger partial charge in [0.25, 0.3) is 0 Å². The third-order valence-electron chi connectivity index (χ3n) is 3.91. The van der Waals surface area contributed by atoms with Gasteiger partial charge < -0.3 is 9.84 Å². The lowest BCUT2D eigenvalue weighted by molar-refractivity contribution is 0.364. The molecule has 1 N–H and O–H groups in total. The monoisotopic (exact) mass is 343 g/mol. The van der Waals surface area contributed by atoms with Crippen LogP contribution >= 0.6 is 0 Å². The number of aromatic hydroxyl groups is 1. The van der Waals surface area contributed by atoms with Gasteiger partial charge in [0.05, 0.1) is 0 Å². The quantitative estimate of drug-likeness (QED) is 0.589. The van der Waals surface area contributed by atoms with Gasteiger partial charge in [-0.05, 0) is 35.9 Å². The van der Waals surface area contributed by atoms with Crippen molar-refractivity contribution in [2.24, 2.45) is 0 Å². The average Bonchev–Trinajstić information content (AvgIpc) is 3.09. The van der Waals surface area contributed by atoms with Gasteiger partial charge >= 0.3 is 0 Å². The van der Waals surface area contributed by atoms with E-state index >= 15 is 0 Å². The Balaban J connectivity index is 1.49. The summed E-state index contributed by atoms with van der Waals surface area (Å²) in [7, 11) is 0. The molecule has 4 aromatic rings. The van der Waals surface area contributed by atoms with Crippen LogP contribution in [-0.4, -0.2) is 26.7 Å². The normalized spacial score (nSPS) is 11.2. The van der Waals surface area contributed by atoms with Gasteiger partial charge in [-0.3, -0.25) is 0 Å². The number of ether oxygens (including phenoxy) is 1. The molecule has 1 aromatic heterocycles. The second-order valence-electron chi connectivity index (χ2n) is 5.75. The summed E-state index contributed by atoms with van der Waals surface area (Å²) in [5, 5.41) is 18.8. The molecule has 5 nitrogen and oxygen atoms in total. The Morgan fingerprint density at radius 3 is 2.50 bits per heavy atom. The molecule has 0 saturated carbocycles. The maximum Gasteiger partial charge on any atom is 0.143 e. The van der Waals surface area contributed by atoms with Crippen molar-refractivity contribution in [3.8, 4) is 17.2 Å². The Hall–Kier alpha value is -3.60. The van der Waals surface area contributed by atoms with E-state index in [9.17, 15) is 5.11 Å². The van der Waals surface area contributed by atoms with Crippen LogP contribution < -0.4 is 4.74 Å². The molecule has 0 amide bonds. The highest BCUT2D eigenvalue weighted by Gasteiger charge is 2.08. The predicted molar refractivity (Wildman–Crippen MR) is 102 cm³/mol. The van der Waals surface area contributed by atoms with E-state index in [1.807, 2.05) is 66.7 Å². The molecule has 0 atom stereocenters. The van der Waals surface area contributed by atoms with Gasteiger partial charge in [0, 0.05) is 6.07 Å². The van der Waals surface area contributed by atoms with E-state index in [1.54, 1.807) is 18.2 Å². The van der Waals surface area contributed by atoms with Gasteiger partial charge in [0.15, 0.2) is 0 Å². The summed E-state index contributed by atoms with van der Waals surface area (Å²) in [6.07, 6.45) is 3.99. The van der Waals surface area contributed by atoms with Crippen molar-refractivity contribution in [1.29, 1.82) is 0 Å². The van der Waals surface area contributed by atoms with E-state index in [4.69, 9.17) is 4.74 Å². The third kappa shape index (κ3) is 3.42. The van der Waals surface area contributed by atoms with Crippen LogP contribution in [0.2, 0.25) is 0 Å². The fraction of sp³-hybridized carbons (Fsp3) is 0.0476. The highest BCUT2D eigenvalue weighted by atomic mass is 16.5. The number of hydrogen-bond donors (Lipinski definition) is 1. The number of hydrogen-bond acceptors (Lipinski definition) is 4. The number of nitrogens with zero attached hydrogens (tertiary/aromatic N) is 3. The second-order valence-corrected chi connectivity index (χ2v) is 5.75. The molecule has 26 heavy (non-hydrogen) atoms. The summed E-state index contributed by atoms with van der Waals surface area (Å²) in [4.78, 5) is 1.43. The molecule has 0 bridgehead atoms. The van der Waals surface area contributed by atoms with E-state index in [0.717, 1.165) is 16.8 Å². The van der Waals surface area contributed by atoms with Gasteiger partial charge in [0.2, 0.25) is 0 Å². The van der Waals surface area contributed by atoms with E-state index in [1.165, 1.54) is 4.80 Å². The summed E-state index contributed by atoms with van der Waals surface area (Å²) in [5.41, 5.74) is 3.12. The topological polar surface area (TPSA) is 60.2 Å². The molecular weight excluding hydrogens is 326 g/mol. The number of phenolic OH excluding ortho intramolecular Hbond substituents is 1. The SMILES string of the molecule is Oc1ccccc1-n1nc2ccc(OCC=Cc3ccccc3)cc2n1. The van der Waals surface area contributed by atoms with Crippen molar-refractivity contribution >= 4 is 17.1 Å². The summed E-state index contributed by atoms with van der Waals surface area (Å²) >= 11 is 0. The Bertz CT molecular complexity index is 1060. The van der Waals surface area contributed by atoms with Crippen LogP contribution in [0.4, 0.5) is 0 Å². The Labute approximate surface area is 150 Å². The summed E-state index contributed by atoms with van der Waals surface area (Å²) in [6, 6.07) is 22.6. The first-order valence-electron chi connectivity index (χ1n) is 8.29. The Morgan fingerprint density at radius 2 is 1.65 bits per heavy atom. The van der Waals surface area contributed by atoms with Crippen LogP contribution in [-0.2, 0) is 0 Å². The largest absolute Gasteiger partial charge is 0.506 e. The molecule has 4 rings (SSSR count). The molecule has 0 aliphatic carbocycles. The van der Waals surface area contributed by atoms with Gasteiger partial charge in [-0.1, -0.05) is 48.5 Å². The molecule has 0 unspecified atom stereocenters. The first-order chi connectivity index (χ1) is 12.8. The number of fused-ring (bicyclic) bond motifs is 1. The van der Waals surface area contributed by atoms with Crippen LogP contribution in [0.25, 0.3) is 22.8 Å². The van der Waals surface area contributed by atoms with Crippen LogP contribution in [0.1, 0.15) is 5.56 Å². The van der Waals surface area contributed by atoms with Crippen molar-refractivity contribution in [3.05, 3.63) is 84.4 Å². The first-order valence-corrected chi connectivity index (χ1v) is 8.29. The average molecular weight is 343 g/mol. The van der Waals surface area contributed by atoms with Crippen molar-refractivity contribution < 1.29 is 9.84 Å². The predicted octanol–water partition coefficient (Wildman–Crippen LogP) is 4.22. The molecule has 0 aliphatic rings. The number of rotatable bonds is 5. The maximum absolute atomic E-state index is 9.95. The Kier molecular flexibility index (Phi) is 4.35. The van der Waals surface area contributed by atoms with Crippen molar-refractivity contribution in [2.75, 3.05) is 6.61 Å². The lowest BCUT2D eigenvalue weighted by Gasteiger charge is -2.02. The maximum atomic E-state index is 9.95. The minimum absolute atomic E-state index is 0.135. The molecule has 1 heterocycles. The van der Waals surface area contributed by atoms with Crippen LogP contribution in [0, 0.1) is 0 Å². The summed E-state index contributed by atoms with van der Waals surface area (Å²) in [6.45, 7) is 0.466. The molecule has 128 valence electrons.